The third-order valence-corrected chi connectivity index (χ3v) is 3.76. The van der Waals surface area contributed by atoms with E-state index >= 15 is 0 Å². The Balaban J connectivity index is 1.93. The fourth-order valence-corrected chi connectivity index (χ4v) is 2.81. The molecule has 1 amide bonds. The molecule has 0 unspecified atom stereocenters. The Morgan fingerprint density at radius 1 is 1.37 bits per heavy atom. The SMILES string of the molecule is Cc1ccc(NC(=O)c2c(Cl)nc3sccn23)cc1. The van der Waals surface area contributed by atoms with Crippen LogP contribution in [0.4, 0.5) is 5.69 Å². The van der Waals surface area contributed by atoms with Crippen LogP contribution < -0.4 is 5.32 Å². The molecule has 0 aliphatic heterocycles. The molecule has 0 bridgehead atoms. The van der Waals surface area contributed by atoms with Gasteiger partial charge in [0, 0.05) is 17.3 Å². The van der Waals surface area contributed by atoms with Crippen LogP contribution in [0.2, 0.25) is 5.15 Å². The van der Waals surface area contributed by atoms with E-state index in [1.165, 1.54) is 11.3 Å². The van der Waals surface area contributed by atoms with Gasteiger partial charge in [0.05, 0.1) is 0 Å². The number of rotatable bonds is 2. The standard InChI is InChI=1S/C13H10ClN3OS/c1-8-2-4-9(5-3-8)15-12(18)10-11(14)16-13-17(10)6-7-19-13/h2-7H,1H3,(H,15,18). The monoisotopic (exact) mass is 291 g/mol. The van der Waals surface area contributed by atoms with Gasteiger partial charge in [-0.25, -0.2) is 4.98 Å². The fraction of sp³-hybridized carbons (Fsp3) is 0.0769. The van der Waals surface area contributed by atoms with E-state index in [-0.39, 0.29) is 11.1 Å². The number of thiazole rings is 1. The maximum atomic E-state index is 12.2. The minimum atomic E-state index is -0.264. The number of hydrogen-bond donors (Lipinski definition) is 1. The third-order valence-electron chi connectivity index (χ3n) is 2.74. The number of benzene rings is 1. The number of amides is 1. The van der Waals surface area contributed by atoms with Gasteiger partial charge in [-0.3, -0.25) is 9.20 Å². The Morgan fingerprint density at radius 3 is 2.84 bits per heavy atom. The maximum absolute atomic E-state index is 12.2. The summed E-state index contributed by atoms with van der Waals surface area (Å²) in [6, 6.07) is 7.58. The van der Waals surface area contributed by atoms with Crippen LogP contribution in [0.3, 0.4) is 0 Å². The number of nitrogens with zero attached hydrogens (tertiary/aromatic N) is 2. The largest absolute Gasteiger partial charge is 0.321 e. The summed E-state index contributed by atoms with van der Waals surface area (Å²) in [4.78, 5) is 17.1. The highest BCUT2D eigenvalue weighted by molar-refractivity contribution is 7.15. The topological polar surface area (TPSA) is 46.4 Å². The summed E-state index contributed by atoms with van der Waals surface area (Å²) < 4.78 is 1.69. The number of anilines is 1. The minimum absolute atomic E-state index is 0.219. The molecular formula is C13H10ClN3OS. The van der Waals surface area contributed by atoms with Crippen LogP contribution in [0.15, 0.2) is 35.8 Å². The maximum Gasteiger partial charge on any atom is 0.275 e. The summed E-state index contributed by atoms with van der Waals surface area (Å²) in [5.41, 5.74) is 2.23. The summed E-state index contributed by atoms with van der Waals surface area (Å²) >= 11 is 7.44. The van der Waals surface area contributed by atoms with Crippen molar-refractivity contribution in [2.24, 2.45) is 0 Å². The molecule has 96 valence electrons. The van der Waals surface area contributed by atoms with E-state index in [2.05, 4.69) is 10.3 Å². The zero-order chi connectivity index (χ0) is 13.4. The second-order valence-corrected chi connectivity index (χ2v) is 5.36. The Bertz CT molecular complexity index is 745. The molecular weight excluding hydrogens is 282 g/mol. The fourth-order valence-electron chi connectivity index (χ4n) is 1.79. The van der Waals surface area contributed by atoms with Crippen LogP contribution in [-0.2, 0) is 0 Å². The average molecular weight is 292 g/mol. The van der Waals surface area contributed by atoms with Gasteiger partial charge in [-0.15, -0.1) is 11.3 Å². The van der Waals surface area contributed by atoms with Crippen molar-refractivity contribution in [1.82, 2.24) is 9.38 Å². The first-order chi connectivity index (χ1) is 9.15. The van der Waals surface area contributed by atoms with Crippen molar-refractivity contribution in [2.45, 2.75) is 6.92 Å². The number of hydrogen-bond acceptors (Lipinski definition) is 3. The molecule has 4 nitrogen and oxygen atoms in total. The quantitative estimate of drug-likeness (QED) is 0.784. The van der Waals surface area contributed by atoms with E-state index in [1.807, 2.05) is 36.6 Å². The van der Waals surface area contributed by atoms with Crippen molar-refractivity contribution < 1.29 is 4.79 Å². The Kier molecular flexibility index (Phi) is 3.00. The second kappa shape index (κ2) is 4.68. The lowest BCUT2D eigenvalue weighted by molar-refractivity contribution is 0.102. The first kappa shape index (κ1) is 12.2. The van der Waals surface area contributed by atoms with E-state index in [0.717, 1.165) is 11.3 Å². The Morgan fingerprint density at radius 2 is 2.11 bits per heavy atom. The summed E-state index contributed by atoms with van der Waals surface area (Å²) in [6.45, 7) is 1.99. The van der Waals surface area contributed by atoms with E-state index in [9.17, 15) is 4.79 Å². The smallest absolute Gasteiger partial charge is 0.275 e. The lowest BCUT2D eigenvalue weighted by Crippen LogP contribution is -2.14. The number of nitrogens with one attached hydrogen (secondary N) is 1. The Labute approximate surface area is 118 Å². The van der Waals surface area contributed by atoms with Crippen LogP contribution in [0.1, 0.15) is 16.1 Å². The molecule has 2 heterocycles. The van der Waals surface area contributed by atoms with Crippen LogP contribution in [0.5, 0.6) is 0 Å². The molecule has 1 N–H and O–H groups in total. The number of halogens is 1. The van der Waals surface area contributed by atoms with E-state index < -0.39 is 0 Å². The predicted octanol–water partition coefficient (Wildman–Crippen LogP) is 3.61. The molecule has 0 aliphatic carbocycles. The van der Waals surface area contributed by atoms with Crippen molar-refractivity contribution in [3.8, 4) is 0 Å². The van der Waals surface area contributed by atoms with Crippen molar-refractivity contribution in [1.29, 1.82) is 0 Å². The highest BCUT2D eigenvalue weighted by Crippen LogP contribution is 2.22. The lowest BCUT2D eigenvalue weighted by atomic mass is 10.2. The summed E-state index contributed by atoms with van der Waals surface area (Å²) in [6.07, 6.45) is 1.78. The zero-order valence-corrected chi connectivity index (χ0v) is 11.6. The van der Waals surface area contributed by atoms with Crippen LogP contribution >= 0.6 is 22.9 Å². The van der Waals surface area contributed by atoms with Crippen molar-refractivity contribution >= 4 is 39.5 Å². The highest BCUT2D eigenvalue weighted by Gasteiger charge is 2.18. The highest BCUT2D eigenvalue weighted by atomic mass is 35.5. The lowest BCUT2D eigenvalue weighted by Gasteiger charge is -2.05. The summed E-state index contributed by atoms with van der Waals surface area (Å²) in [7, 11) is 0. The first-order valence-electron chi connectivity index (χ1n) is 5.64. The first-order valence-corrected chi connectivity index (χ1v) is 6.90. The molecule has 2 aromatic heterocycles. The van der Waals surface area contributed by atoms with Gasteiger partial charge in [0.15, 0.2) is 15.8 Å². The van der Waals surface area contributed by atoms with Crippen LogP contribution in [-0.4, -0.2) is 15.3 Å². The minimum Gasteiger partial charge on any atom is -0.321 e. The number of carbonyl (C=O) groups is 1. The van der Waals surface area contributed by atoms with Crippen molar-refractivity contribution in [3.05, 3.63) is 52.3 Å². The average Bonchev–Trinajstić information content (AvgIpc) is 2.91. The van der Waals surface area contributed by atoms with Gasteiger partial charge in [0.2, 0.25) is 0 Å². The van der Waals surface area contributed by atoms with Gasteiger partial charge in [-0.1, -0.05) is 29.3 Å². The molecule has 0 radical (unpaired) electrons. The molecule has 3 rings (SSSR count). The molecule has 0 saturated heterocycles. The third kappa shape index (κ3) is 2.22. The van der Waals surface area contributed by atoms with Crippen LogP contribution in [0.25, 0.3) is 4.96 Å². The van der Waals surface area contributed by atoms with Gasteiger partial charge >= 0.3 is 0 Å². The van der Waals surface area contributed by atoms with Crippen molar-refractivity contribution in [3.63, 3.8) is 0 Å². The number of aromatic nitrogens is 2. The molecule has 1 aromatic carbocycles. The molecule has 6 heteroatoms. The number of carbonyl (C=O) groups excluding carboxylic acids is 1. The van der Waals surface area contributed by atoms with Gasteiger partial charge in [-0.05, 0) is 19.1 Å². The summed E-state index contributed by atoms with van der Waals surface area (Å²) in [5, 5.41) is 4.90. The summed E-state index contributed by atoms with van der Waals surface area (Å²) in [5.74, 6) is -0.264. The molecule has 0 fully saturated rings. The molecule has 3 aromatic rings. The molecule has 0 aliphatic rings. The normalized spacial score (nSPS) is 10.8. The van der Waals surface area contributed by atoms with E-state index in [1.54, 1.807) is 10.6 Å². The number of aryl methyl sites for hydroxylation is 1. The second-order valence-electron chi connectivity index (χ2n) is 4.13. The predicted molar refractivity (Wildman–Crippen MR) is 77.2 cm³/mol. The van der Waals surface area contributed by atoms with Crippen LogP contribution in [0, 0.1) is 6.92 Å². The van der Waals surface area contributed by atoms with E-state index in [4.69, 9.17) is 11.6 Å². The van der Waals surface area contributed by atoms with Gasteiger partial charge in [0.1, 0.15) is 0 Å². The van der Waals surface area contributed by atoms with Crippen molar-refractivity contribution in [2.75, 3.05) is 5.32 Å². The number of fused-ring (bicyclic) bond motifs is 1. The molecule has 0 spiro atoms. The molecule has 19 heavy (non-hydrogen) atoms. The Hall–Kier alpha value is -1.85. The van der Waals surface area contributed by atoms with Gasteiger partial charge in [-0.2, -0.15) is 0 Å². The molecule has 0 atom stereocenters. The van der Waals surface area contributed by atoms with Gasteiger partial charge in [0.25, 0.3) is 5.91 Å². The molecule has 0 saturated carbocycles. The zero-order valence-electron chi connectivity index (χ0n) is 10.1. The van der Waals surface area contributed by atoms with Gasteiger partial charge < -0.3 is 5.32 Å². The number of imidazole rings is 1. The van der Waals surface area contributed by atoms with E-state index in [0.29, 0.717) is 10.7 Å².